The molecule has 1 N–H and O–H groups in total. The van der Waals surface area contributed by atoms with Crippen LogP contribution >= 0.6 is 0 Å². The number of hydrogen-bond acceptors (Lipinski definition) is 1. The monoisotopic (exact) mass is 315 g/mol. The van der Waals surface area contributed by atoms with Crippen molar-refractivity contribution in [2.75, 3.05) is 13.1 Å². The maximum atomic E-state index is 3.77. The molecule has 0 bridgehead atoms. The zero-order chi connectivity index (χ0) is 16.9. The van der Waals surface area contributed by atoms with E-state index >= 15 is 0 Å². The molecule has 1 fully saturated rings. The van der Waals surface area contributed by atoms with Gasteiger partial charge in [0.05, 0.1) is 0 Å². The lowest BCUT2D eigenvalue weighted by molar-refractivity contribution is 0.0857. The molecule has 2 rings (SSSR count). The van der Waals surface area contributed by atoms with Gasteiger partial charge in [-0.2, -0.15) is 0 Å². The summed E-state index contributed by atoms with van der Waals surface area (Å²) < 4.78 is 0. The topological polar surface area (TPSA) is 12.0 Å². The van der Waals surface area contributed by atoms with Crippen LogP contribution in [-0.4, -0.2) is 13.1 Å². The van der Waals surface area contributed by atoms with Crippen molar-refractivity contribution in [2.24, 2.45) is 22.7 Å². The van der Waals surface area contributed by atoms with E-state index < -0.39 is 0 Å². The molecule has 1 aliphatic rings. The van der Waals surface area contributed by atoms with Crippen LogP contribution in [-0.2, 0) is 6.42 Å². The smallest absolute Gasteiger partial charge is 0.00111 e. The lowest BCUT2D eigenvalue weighted by atomic mass is 9.62. The molecule has 0 saturated heterocycles. The number of nitrogens with one attached hydrogen (secondary N) is 1. The third-order valence-corrected chi connectivity index (χ3v) is 5.75. The minimum Gasteiger partial charge on any atom is -0.316 e. The Balaban J connectivity index is 2.04. The summed E-state index contributed by atoms with van der Waals surface area (Å²) in [4.78, 5) is 0. The maximum Gasteiger partial charge on any atom is 0.00111 e. The van der Waals surface area contributed by atoms with E-state index in [1.54, 1.807) is 0 Å². The molecule has 0 amide bonds. The van der Waals surface area contributed by atoms with Crippen LogP contribution in [0.25, 0.3) is 0 Å². The second-order valence-corrected chi connectivity index (χ2v) is 9.33. The molecule has 1 heteroatoms. The molecule has 1 saturated carbocycles. The standard InChI is InChI=1S/C22H37N/c1-18(2)16-23-17-22(15-19-9-7-6-8-10-19)13-11-20(12-14-22)21(3,4)5/h6-10,18,20,23H,11-17H2,1-5H3. The average Bonchev–Trinajstić information content (AvgIpc) is 2.47. The van der Waals surface area contributed by atoms with Gasteiger partial charge < -0.3 is 5.32 Å². The van der Waals surface area contributed by atoms with E-state index in [9.17, 15) is 0 Å². The van der Waals surface area contributed by atoms with Gasteiger partial charge in [0.1, 0.15) is 0 Å². The number of rotatable bonds is 6. The summed E-state index contributed by atoms with van der Waals surface area (Å²) in [5.74, 6) is 1.62. The summed E-state index contributed by atoms with van der Waals surface area (Å²) in [5.41, 5.74) is 2.43. The Bertz CT molecular complexity index is 447. The Morgan fingerprint density at radius 3 is 2.22 bits per heavy atom. The van der Waals surface area contributed by atoms with E-state index in [-0.39, 0.29) is 0 Å². The molecule has 0 unspecified atom stereocenters. The first-order chi connectivity index (χ1) is 10.8. The van der Waals surface area contributed by atoms with Crippen molar-refractivity contribution in [3.8, 4) is 0 Å². The van der Waals surface area contributed by atoms with Gasteiger partial charge in [0.25, 0.3) is 0 Å². The summed E-state index contributed by atoms with van der Waals surface area (Å²) >= 11 is 0. The van der Waals surface area contributed by atoms with Gasteiger partial charge >= 0.3 is 0 Å². The summed E-state index contributed by atoms with van der Waals surface area (Å²) in [6, 6.07) is 11.1. The van der Waals surface area contributed by atoms with Crippen molar-refractivity contribution in [1.82, 2.24) is 5.32 Å². The van der Waals surface area contributed by atoms with Gasteiger partial charge in [-0.25, -0.2) is 0 Å². The highest BCUT2D eigenvalue weighted by Crippen LogP contribution is 2.46. The van der Waals surface area contributed by atoms with Gasteiger partial charge in [0, 0.05) is 6.54 Å². The minimum absolute atomic E-state index is 0.456. The quantitative estimate of drug-likeness (QED) is 0.710. The normalized spacial score (nSPS) is 25.7. The van der Waals surface area contributed by atoms with Crippen LogP contribution < -0.4 is 5.32 Å². The van der Waals surface area contributed by atoms with E-state index in [4.69, 9.17) is 0 Å². The molecule has 1 aliphatic carbocycles. The Morgan fingerprint density at radius 1 is 1.09 bits per heavy atom. The van der Waals surface area contributed by atoms with E-state index in [0.29, 0.717) is 10.8 Å². The highest BCUT2D eigenvalue weighted by atomic mass is 14.9. The van der Waals surface area contributed by atoms with E-state index in [1.807, 2.05) is 0 Å². The van der Waals surface area contributed by atoms with Crippen molar-refractivity contribution >= 4 is 0 Å². The van der Waals surface area contributed by atoms with E-state index in [0.717, 1.165) is 18.4 Å². The van der Waals surface area contributed by atoms with E-state index in [1.165, 1.54) is 44.2 Å². The number of benzene rings is 1. The Hall–Kier alpha value is -0.820. The van der Waals surface area contributed by atoms with Crippen LogP contribution in [0.1, 0.15) is 65.9 Å². The average molecular weight is 316 g/mol. The van der Waals surface area contributed by atoms with Crippen molar-refractivity contribution in [1.29, 1.82) is 0 Å². The van der Waals surface area contributed by atoms with Crippen molar-refractivity contribution in [3.05, 3.63) is 35.9 Å². The first kappa shape index (κ1) is 18.5. The van der Waals surface area contributed by atoms with Crippen LogP contribution in [0.4, 0.5) is 0 Å². The van der Waals surface area contributed by atoms with Crippen LogP contribution in [0.5, 0.6) is 0 Å². The first-order valence-corrected chi connectivity index (χ1v) is 9.55. The first-order valence-electron chi connectivity index (χ1n) is 9.55. The van der Waals surface area contributed by atoms with Crippen LogP contribution in [0.15, 0.2) is 30.3 Å². The largest absolute Gasteiger partial charge is 0.316 e. The molecule has 0 atom stereocenters. The third-order valence-electron chi connectivity index (χ3n) is 5.75. The molecule has 1 nitrogen and oxygen atoms in total. The molecule has 1 aromatic carbocycles. The highest BCUT2D eigenvalue weighted by molar-refractivity contribution is 5.17. The molecule has 0 heterocycles. The molecule has 23 heavy (non-hydrogen) atoms. The second-order valence-electron chi connectivity index (χ2n) is 9.33. The fourth-order valence-corrected chi connectivity index (χ4v) is 4.17. The lowest BCUT2D eigenvalue weighted by Crippen LogP contribution is -2.42. The predicted octanol–water partition coefficient (Wildman–Crippen LogP) is 5.70. The molecule has 0 aliphatic heterocycles. The Kier molecular flexibility index (Phi) is 6.31. The van der Waals surface area contributed by atoms with Gasteiger partial charge in [0.15, 0.2) is 0 Å². The third kappa shape index (κ3) is 5.64. The summed E-state index contributed by atoms with van der Waals surface area (Å²) in [6.45, 7) is 14.2. The SMILES string of the molecule is CC(C)CNCC1(Cc2ccccc2)CCC(C(C)(C)C)CC1. The summed E-state index contributed by atoms with van der Waals surface area (Å²) in [6.07, 6.45) is 6.75. The fourth-order valence-electron chi connectivity index (χ4n) is 4.17. The maximum absolute atomic E-state index is 3.77. The minimum atomic E-state index is 0.456. The molecule has 0 spiro atoms. The molecule has 0 aromatic heterocycles. The fraction of sp³-hybridized carbons (Fsp3) is 0.727. The van der Waals surface area contributed by atoms with Crippen molar-refractivity contribution in [3.63, 3.8) is 0 Å². The van der Waals surface area contributed by atoms with Crippen LogP contribution in [0.2, 0.25) is 0 Å². The van der Waals surface area contributed by atoms with Gasteiger partial charge in [-0.3, -0.25) is 0 Å². The van der Waals surface area contributed by atoms with Gasteiger partial charge in [-0.15, -0.1) is 0 Å². The molecular formula is C22H37N. The van der Waals surface area contributed by atoms with E-state index in [2.05, 4.69) is 70.3 Å². The molecule has 0 radical (unpaired) electrons. The van der Waals surface area contributed by atoms with Gasteiger partial charge in [-0.05, 0) is 66.9 Å². The van der Waals surface area contributed by atoms with Crippen molar-refractivity contribution < 1.29 is 0 Å². The second kappa shape index (κ2) is 7.83. The van der Waals surface area contributed by atoms with Gasteiger partial charge in [-0.1, -0.05) is 65.0 Å². The molecular weight excluding hydrogens is 278 g/mol. The Labute approximate surface area is 144 Å². The lowest BCUT2D eigenvalue weighted by Gasteiger charge is -2.44. The summed E-state index contributed by atoms with van der Waals surface area (Å²) in [5, 5.41) is 3.77. The number of hydrogen-bond donors (Lipinski definition) is 1. The van der Waals surface area contributed by atoms with Crippen LogP contribution in [0.3, 0.4) is 0 Å². The highest BCUT2D eigenvalue weighted by Gasteiger charge is 2.38. The van der Waals surface area contributed by atoms with Gasteiger partial charge in [0.2, 0.25) is 0 Å². The zero-order valence-corrected chi connectivity index (χ0v) is 16.0. The molecule has 1 aromatic rings. The molecule has 130 valence electrons. The Morgan fingerprint density at radius 2 is 1.70 bits per heavy atom. The van der Waals surface area contributed by atoms with Crippen LogP contribution in [0, 0.1) is 22.7 Å². The predicted molar refractivity (Wildman–Crippen MR) is 102 cm³/mol. The summed E-state index contributed by atoms with van der Waals surface area (Å²) in [7, 11) is 0. The zero-order valence-electron chi connectivity index (χ0n) is 16.0. The van der Waals surface area contributed by atoms with Crippen molar-refractivity contribution in [2.45, 2.75) is 66.7 Å².